The van der Waals surface area contributed by atoms with Crippen LogP contribution in [0.1, 0.15) is 37.7 Å². The molecular weight excluding hydrogens is 314 g/mol. The maximum absolute atomic E-state index is 5.74. The van der Waals surface area contributed by atoms with Crippen LogP contribution in [-0.2, 0) is 19.0 Å². The van der Waals surface area contributed by atoms with Gasteiger partial charge in [0.25, 0.3) is 0 Å². The van der Waals surface area contributed by atoms with Crippen molar-refractivity contribution in [1.82, 2.24) is 9.55 Å². The van der Waals surface area contributed by atoms with Crippen molar-refractivity contribution in [2.24, 2.45) is 12.8 Å². The molecule has 20 heavy (non-hydrogen) atoms. The highest BCUT2D eigenvalue weighted by Gasteiger charge is 2.19. The Bertz CT molecular complexity index is 636. The molecule has 0 spiro atoms. The molecule has 0 saturated heterocycles. The van der Waals surface area contributed by atoms with Crippen molar-refractivity contribution in [1.29, 1.82) is 0 Å². The summed E-state index contributed by atoms with van der Waals surface area (Å²) in [7, 11) is 1.98. The highest BCUT2D eigenvalue weighted by molar-refractivity contribution is 9.10. The van der Waals surface area contributed by atoms with Gasteiger partial charge in [-0.15, -0.1) is 0 Å². The third-order valence-corrected chi connectivity index (χ3v) is 4.57. The van der Waals surface area contributed by atoms with Crippen molar-refractivity contribution >= 4 is 15.9 Å². The molecule has 1 heterocycles. The Kier molecular flexibility index (Phi) is 4.07. The van der Waals surface area contributed by atoms with E-state index in [4.69, 9.17) is 5.73 Å². The van der Waals surface area contributed by atoms with E-state index in [9.17, 15) is 0 Å². The van der Waals surface area contributed by atoms with Crippen LogP contribution in [0.15, 0.2) is 22.8 Å². The minimum atomic E-state index is 0.125. The minimum absolute atomic E-state index is 0.125. The first kappa shape index (κ1) is 15.3. The van der Waals surface area contributed by atoms with Gasteiger partial charge in [0.2, 0.25) is 0 Å². The normalized spacial score (nSPS) is 11.9. The SMILES string of the molecule is Cc1ccc(C(C)(C)C)cc1-c1nc(CN)n(C)c1Br. The van der Waals surface area contributed by atoms with Gasteiger partial charge in [0.15, 0.2) is 0 Å². The summed E-state index contributed by atoms with van der Waals surface area (Å²) in [5, 5.41) is 0. The van der Waals surface area contributed by atoms with Crippen LogP contribution in [0.5, 0.6) is 0 Å². The van der Waals surface area contributed by atoms with Gasteiger partial charge in [-0.2, -0.15) is 0 Å². The Morgan fingerprint density at radius 3 is 2.45 bits per heavy atom. The Balaban J connectivity index is 2.63. The smallest absolute Gasteiger partial charge is 0.123 e. The van der Waals surface area contributed by atoms with E-state index < -0.39 is 0 Å². The Morgan fingerprint density at radius 1 is 1.30 bits per heavy atom. The lowest BCUT2D eigenvalue weighted by Crippen LogP contribution is -2.11. The number of rotatable bonds is 2. The van der Waals surface area contributed by atoms with Gasteiger partial charge in [-0.3, -0.25) is 0 Å². The van der Waals surface area contributed by atoms with E-state index in [-0.39, 0.29) is 5.41 Å². The molecule has 1 aromatic carbocycles. The monoisotopic (exact) mass is 335 g/mol. The van der Waals surface area contributed by atoms with Crippen LogP contribution in [0.25, 0.3) is 11.3 Å². The highest BCUT2D eigenvalue weighted by Crippen LogP contribution is 2.33. The molecule has 0 radical (unpaired) electrons. The summed E-state index contributed by atoms with van der Waals surface area (Å²) >= 11 is 3.63. The van der Waals surface area contributed by atoms with Crippen molar-refractivity contribution in [2.75, 3.05) is 0 Å². The molecule has 2 N–H and O–H groups in total. The third-order valence-electron chi connectivity index (χ3n) is 3.66. The molecule has 0 aliphatic rings. The average molecular weight is 336 g/mol. The lowest BCUT2D eigenvalue weighted by Gasteiger charge is -2.20. The van der Waals surface area contributed by atoms with Crippen molar-refractivity contribution in [2.45, 2.75) is 39.7 Å². The maximum atomic E-state index is 5.74. The zero-order valence-electron chi connectivity index (χ0n) is 12.8. The Morgan fingerprint density at radius 2 is 1.95 bits per heavy atom. The molecular formula is C16H22BrN3. The average Bonchev–Trinajstić information content (AvgIpc) is 2.65. The van der Waals surface area contributed by atoms with Gasteiger partial charge in [0.05, 0.1) is 6.54 Å². The van der Waals surface area contributed by atoms with E-state index in [2.05, 4.69) is 66.8 Å². The summed E-state index contributed by atoms with van der Waals surface area (Å²) in [6.07, 6.45) is 0. The van der Waals surface area contributed by atoms with Gasteiger partial charge >= 0.3 is 0 Å². The lowest BCUT2D eigenvalue weighted by molar-refractivity contribution is 0.590. The van der Waals surface area contributed by atoms with Crippen LogP contribution in [0.2, 0.25) is 0 Å². The van der Waals surface area contributed by atoms with Crippen LogP contribution in [-0.4, -0.2) is 9.55 Å². The zero-order chi connectivity index (χ0) is 15.1. The molecule has 1 aromatic heterocycles. The molecule has 0 atom stereocenters. The van der Waals surface area contributed by atoms with Gasteiger partial charge in [-0.1, -0.05) is 32.9 Å². The van der Waals surface area contributed by atoms with E-state index in [1.165, 1.54) is 16.7 Å². The molecule has 108 valence electrons. The van der Waals surface area contributed by atoms with Gasteiger partial charge < -0.3 is 10.3 Å². The molecule has 3 nitrogen and oxygen atoms in total. The van der Waals surface area contributed by atoms with Crippen LogP contribution < -0.4 is 5.73 Å². The summed E-state index contributed by atoms with van der Waals surface area (Å²) in [5.74, 6) is 0.882. The lowest BCUT2D eigenvalue weighted by atomic mass is 9.85. The van der Waals surface area contributed by atoms with Gasteiger partial charge in [-0.25, -0.2) is 4.98 Å². The van der Waals surface area contributed by atoms with Crippen LogP contribution >= 0.6 is 15.9 Å². The predicted octanol–water partition coefficient (Wildman–Crippen LogP) is 3.91. The summed E-state index contributed by atoms with van der Waals surface area (Å²) in [4.78, 5) is 4.67. The van der Waals surface area contributed by atoms with Gasteiger partial charge in [-0.05, 0) is 45.5 Å². The number of aryl methyl sites for hydroxylation is 1. The first-order valence-electron chi connectivity index (χ1n) is 6.78. The number of halogens is 1. The molecule has 0 unspecified atom stereocenters. The summed E-state index contributed by atoms with van der Waals surface area (Å²) in [6.45, 7) is 9.22. The first-order valence-corrected chi connectivity index (χ1v) is 7.57. The van der Waals surface area contributed by atoms with Crippen molar-refractivity contribution < 1.29 is 0 Å². The second-order valence-corrected chi connectivity index (χ2v) is 6.96. The molecule has 4 heteroatoms. The Labute approximate surface area is 129 Å². The highest BCUT2D eigenvalue weighted by atomic mass is 79.9. The fourth-order valence-corrected chi connectivity index (χ4v) is 2.73. The molecule has 0 aliphatic heterocycles. The fourth-order valence-electron chi connectivity index (χ4n) is 2.22. The predicted molar refractivity (Wildman–Crippen MR) is 87.7 cm³/mol. The van der Waals surface area contributed by atoms with Crippen LogP contribution in [0, 0.1) is 6.92 Å². The topological polar surface area (TPSA) is 43.8 Å². The molecule has 0 fully saturated rings. The largest absolute Gasteiger partial charge is 0.324 e. The summed E-state index contributed by atoms with van der Waals surface area (Å²) < 4.78 is 2.98. The van der Waals surface area contributed by atoms with E-state index in [1.807, 2.05) is 11.6 Å². The summed E-state index contributed by atoms with van der Waals surface area (Å²) in [6, 6.07) is 6.60. The fraction of sp³-hybridized carbons (Fsp3) is 0.438. The number of benzene rings is 1. The number of imidazole rings is 1. The van der Waals surface area contributed by atoms with Crippen molar-refractivity contribution in [3.8, 4) is 11.3 Å². The second-order valence-electron chi connectivity index (χ2n) is 6.21. The van der Waals surface area contributed by atoms with E-state index in [0.717, 1.165) is 16.1 Å². The van der Waals surface area contributed by atoms with E-state index in [1.54, 1.807) is 0 Å². The van der Waals surface area contributed by atoms with Crippen LogP contribution in [0.3, 0.4) is 0 Å². The van der Waals surface area contributed by atoms with E-state index in [0.29, 0.717) is 6.54 Å². The molecule has 0 amide bonds. The standard InChI is InChI=1S/C16H22BrN3/c1-10-6-7-11(16(2,3)4)8-12(10)14-15(17)20(5)13(9-18)19-14/h6-8H,9,18H2,1-5H3. The minimum Gasteiger partial charge on any atom is -0.324 e. The first-order chi connectivity index (χ1) is 9.25. The van der Waals surface area contributed by atoms with E-state index >= 15 is 0 Å². The number of nitrogens with zero attached hydrogens (tertiary/aromatic N) is 2. The van der Waals surface area contributed by atoms with Gasteiger partial charge in [0.1, 0.15) is 16.1 Å². The quantitative estimate of drug-likeness (QED) is 0.903. The third kappa shape index (κ3) is 2.67. The zero-order valence-corrected chi connectivity index (χ0v) is 14.4. The number of hydrogen-bond donors (Lipinski definition) is 1. The van der Waals surface area contributed by atoms with Crippen LogP contribution in [0.4, 0.5) is 0 Å². The number of nitrogens with two attached hydrogens (primary N) is 1. The summed E-state index contributed by atoms with van der Waals surface area (Å²) in [5.41, 5.74) is 10.5. The van der Waals surface area contributed by atoms with Gasteiger partial charge in [0, 0.05) is 12.6 Å². The number of aromatic nitrogens is 2. The number of hydrogen-bond acceptors (Lipinski definition) is 2. The molecule has 0 aliphatic carbocycles. The molecule has 2 aromatic rings. The van der Waals surface area contributed by atoms with Crippen molar-refractivity contribution in [3.63, 3.8) is 0 Å². The second kappa shape index (κ2) is 5.34. The maximum Gasteiger partial charge on any atom is 0.123 e. The Hall–Kier alpha value is -1.13. The molecule has 0 saturated carbocycles. The molecule has 2 rings (SSSR count). The molecule has 0 bridgehead atoms. The van der Waals surface area contributed by atoms with Crippen molar-refractivity contribution in [3.05, 3.63) is 39.8 Å².